The van der Waals surface area contributed by atoms with Gasteiger partial charge in [-0.1, -0.05) is 48.5 Å². The van der Waals surface area contributed by atoms with Crippen molar-refractivity contribution >= 4 is 11.7 Å². The van der Waals surface area contributed by atoms with Gasteiger partial charge in [0, 0.05) is 18.3 Å². The second-order valence-electron chi connectivity index (χ2n) is 5.52. The topological polar surface area (TPSA) is 32.3 Å². The van der Waals surface area contributed by atoms with Gasteiger partial charge in [-0.3, -0.25) is 4.90 Å². The molecule has 1 atom stereocenters. The lowest BCUT2D eigenvalue weighted by Crippen LogP contribution is -2.43. The molecule has 0 spiro atoms. The SMILES string of the molecule is CC1Cc2ccccc2N1C(=O)NCCc1ccccc1. The third-order valence-corrected chi connectivity index (χ3v) is 3.96. The van der Waals surface area contributed by atoms with Gasteiger partial charge in [0.2, 0.25) is 0 Å². The van der Waals surface area contributed by atoms with Gasteiger partial charge in [0.1, 0.15) is 0 Å². The maximum Gasteiger partial charge on any atom is 0.322 e. The van der Waals surface area contributed by atoms with Crippen molar-refractivity contribution in [1.29, 1.82) is 0 Å². The van der Waals surface area contributed by atoms with Crippen LogP contribution in [-0.4, -0.2) is 18.6 Å². The molecule has 0 aromatic heterocycles. The summed E-state index contributed by atoms with van der Waals surface area (Å²) in [5, 5.41) is 3.03. The summed E-state index contributed by atoms with van der Waals surface area (Å²) in [6, 6.07) is 18.6. The average molecular weight is 280 g/mol. The lowest BCUT2D eigenvalue weighted by Gasteiger charge is -2.23. The first kappa shape index (κ1) is 13.7. The molecule has 2 aromatic carbocycles. The van der Waals surface area contributed by atoms with Gasteiger partial charge in [-0.05, 0) is 37.0 Å². The Morgan fingerprint density at radius 2 is 1.86 bits per heavy atom. The van der Waals surface area contributed by atoms with E-state index in [0.717, 1.165) is 18.5 Å². The first-order valence-electron chi connectivity index (χ1n) is 7.44. The predicted molar refractivity (Wildman–Crippen MR) is 85.6 cm³/mol. The maximum absolute atomic E-state index is 12.4. The molecule has 3 heteroatoms. The summed E-state index contributed by atoms with van der Waals surface area (Å²) >= 11 is 0. The lowest BCUT2D eigenvalue weighted by molar-refractivity contribution is 0.245. The van der Waals surface area contributed by atoms with E-state index in [-0.39, 0.29) is 12.1 Å². The number of carbonyl (C=O) groups is 1. The maximum atomic E-state index is 12.4. The number of carbonyl (C=O) groups excluding carboxylic acids is 1. The number of urea groups is 1. The van der Waals surface area contributed by atoms with E-state index in [2.05, 4.69) is 30.4 Å². The number of nitrogens with one attached hydrogen (secondary N) is 1. The molecule has 0 radical (unpaired) electrons. The summed E-state index contributed by atoms with van der Waals surface area (Å²) in [5.41, 5.74) is 3.54. The van der Waals surface area contributed by atoms with E-state index < -0.39 is 0 Å². The Kier molecular flexibility index (Phi) is 3.91. The summed E-state index contributed by atoms with van der Waals surface area (Å²) in [6.45, 7) is 2.75. The van der Waals surface area contributed by atoms with Crippen molar-refractivity contribution in [3.05, 3.63) is 65.7 Å². The molecule has 2 amide bonds. The largest absolute Gasteiger partial charge is 0.337 e. The number of hydrogen-bond acceptors (Lipinski definition) is 1. The zero-order chi connectivity index (χ0) is 14.7. The number of para-hydroxylation sites is 1. The molecule has 1 heterocycles. The molecular formula is C18H20N2O. The number of hydrogen-bond donors (Lipinski definition) is 1. The molecule has 108 valence electrons. The summed E-state index contributed by atoms with van der Waals surface area (Å²) in [7, 11) is 0. The minimum absolute atomic E-state index is 0.00313. The van der Waals surface area contributed by atoms with Crippen LogP contribution in [0.5, 0.6) is 0 Å². The number of fused-ring (bicyclic) bond motifs is 1. The van der Waals surface area contributed by atoms with Crippen LogP contribution in [0.2, 0.25) is 0 Å². The van der Waals surface area contributed by atoms with Gasteiger partial charge in [-0.15, -0.1) is 0 Å². The molecule has 3 nitrogen and oxygen atoms in total. The van der Waals surface area contributed by atoms with Crippen LogP contribution < -0.4 is 10.2 Å². The zero-order valence-electron chi connectivity index (χ0n) is 12.3. The molecule has 0 fully saturated rings. The van der Waals surface area contributed by atoms with E-state index in [1.54, 1.807) is 0 Å². The fraction of sp³-hybridized carbons (Fsp3) is 0.278. The Balaban J connectivity index is 1.61. The summed E-state index contributed by atoms with van der Waals surface area (Å²) in [5.74, 6) is 0. The van der Waals surface area contributed by atoms with Crippen molar-refractivity contribution < 1.29 is 4.79 Å². The Bertz CT molecular complexity index is 624. The van der Waals surface area contributed by atoms with Gasteiger partial charge in [-0.25, -0.2) is 4.79 Å². The number of anilines is 1. The van der Waals surface area contributed by atoms with Crippen LogP contribution in [0.3, 0.4) is 0 Å². The molecule has 0 aliphatic carbocycles. The Hall–Kier alpha value is -2.29. The lowest BCUT2D eigenvalue weighted by atomic mass is 10.1. The molecule has 0 bridgehead atoms. The zero-order valence-corrected chi connectivity index (χ0v) is 12.3. The van der Waals surface area contributed by atoms with E-state index in [4.69, 9.17) is 0 Å². The normalized spacial score (nSPS) is 16.6. The van der Waals surface area contributed by atoms with Crippen molar-refractivity contribution in [2.45, 2.75) is 25.8 Å². The Labute approximate surface area is 125 Å². The molecular weight excluding hydrogens is 260 g/mol. The summed E-state index contributed by atoms with van der Waals surface area (Å²) < 4.78 is 0. The number of amides is 2. The highest BCUT2D eigenvalue weighted by Crippen LogP contribution is 2.31. The predicted octanol–water partition coefficient (Wildman–Crippen LogP) is 3.39. The van der Waals surface area contributed by atoms with Crippen LogP contribution in [0.1, 0.15) is 18.1 Å². The quantitative estimate of drug-likeness (QED) is 0.918. The fourth-order valence-electron chi connectivity index (χ4n) is 2.92. The highest BCUT2D eigenvalue weighted by molar-refractivity contribution is 5.94. The van der Waals surface area contributed by atoms with Crippen molar-refractivity contribution in [1.82, 2.24) is 5.32 Å². The van der Waals surface area contributed by atoms with Crippen molar-refractivity contribution in [3.63, 3.8) is 0 Å². The molecule has 1 N–H and O–H groups in total. The standard InChI is InChI=1S/C18H20N2O/c1-14-13-16-9-5-6-10-17(16)20(14)18(21)19-12-11-15-7-3-2-4-8-15/h2-10,14H,11-13H2,1H3,(H,19,21). The average Bonchev–Trinajstić information content (AvgIpc) is 2.84. The van der Waals surface area contributed by atoms with E-state index in [0.29, 0.717) is 6.54 Å². The van der Waals surface area contributed by atoms with Crippen LogP contribution in [0.25, 0.3) is 0 Å². The fourth-order valence-corrected chi connectivity index (χ4v) is 2.92. The molecule has 0 saturated carbocycles. The minimum atomic E-state index is 0.00313. The van der Waals surface area contributed by atoms with Gasteiger partial charge >= 0.3 is 6.03 Å². The first-order valence-corrected chi connectivity index (χ1v) is 7.44. The van der Waals surface area contributed by atoms with E-state index in [9.17, 15) is 4.79 Å². The highest BCUT2D eigenvalue weighted by atomic mass is 16.2. The van der Waals surface area contributed by atoms with Crippen molar-refractivity contribution in [2.75, 3.05) is 11.4 Å². The van der Waals surface area contributed by atoms with Crippen LogP contribution in [-0.2, 0) is 12.8 Å². The van der Waals surface area contributed by atoms with Gasteiger partial charge in [-0.2, -0.15) is 0 Å². The summed E-state index contributed by atoms with van der Waals surface area (Å²) in [6.07, 6.45) is 1.79. The Morgan fingerprint density at radius 3 is 2.67 bits per heavy atom. The second-order valence-corrected chi connectivity index (χ2v) is 5.52. The van der Waals surface area contributed by atoms with E-state index in [1.807, 2.05) is 41.3 Å². The van der Waals surface area contributed by atoms with Crippen LogP contribution in [0.4, 0.5) is 10.5 Å². The molecule has 3 rings (SSSR count). The molecule has 1 aliphatic heterocycles. The molecule has 21 heavy (non-hydrogen) atoms. The second kappa shape index (κ2) is 6.00. The van der Waals surface area contributed by atoms with Gasteiger partial charge in [0.25, 0.3) is 0 Å². The third-order valence-electron chi connectivity index (χ3n) is 3.96. The Morgan fingerprint density at radius 1 is 1.14 bits per heavy atom. The molecule has 1 aliphatic rings. The van der Waals surface area contributed by atoms with Crippen molar-refractivity contribution in [3.8, 4) is 0 Å². The van der Waals surface area contributed by atoms with Crippen LogP contribution in [0, 0.1) is 0 Å². The van der Waals surface area contributed by atoms with Gasteiger partial charge in [0.15, 0.2) is 0 Å². The smallest absolute Gasteiger partial charge is 0.322 e. The third kappa shape index (κ3) is 2.92. The number of benzene rings is 2. The first-order chi connectivity index (χ1) is 10.3. The van der Waals surface area contributed by atoms with Crippen LogP contribution >= 0.6 is 0 Å². The van der Waals surface area contributed by atoms with Crippen LogP contribution in [0.15, 0.2) is 54.6 Å². The number of nitrogens with zero attached hydrogens (tertiary/aromatic N) is 1. The highest BCUT2D eigenvalue weighted by Gasteiger charge is 2.30. The van der Waals surface area contributed by atoms with E-state index in [1.165, 1.54) is 11.1 Å². The molecule has 1 unspecified atom stereocenters. The summed E-state index contributed by atoms with van der Waals surface area (Å²) in [4.78, 5) is 14.3. The molecule has 0 saturated heterocycles. The van der Waals surface area contributed by atoms with Gasteiger partial charge in [0.05, 0.1) is 0 Å². The molecule has 2 aromatic rings. The number of rotatable bonds is 3. The van der Waals surface area contributed by atoms with Gasteiger partial charge < -0.3 is 5.32 Å². The monoisotopic (exact) mass is 280 g/mol. The minimum Gasteiger partial charge on any atom is -0.337 e. The van der Waals surface area contributed by atoms with E-state index >= 15 is 0 Å². The van der Waals surface area contributed by atoms with Crippen molar-refractivity contribution in [2.24, 2.45) is 0 Å².